The van der Waals surface area contributed by atoms with E-state index in [4.69, 9.17) is 8.92 Å². The van der Waals surface area contributed by atoms with Crippen molar-refractivity contribution in [2.45, 2.75) is 17.5 Å². The minimum atomic E-state index is -4.73. The molecular formula is C23H18BrF3N2O5S. The average Bonchev–Trinajstić information content (AvgIpc) is 2.79. The largest absolute Gasteiger partial charge is 0.496 e. The molecule has 0 radical (unpaired) electrons. The summed E-state index contributed by atoms with van der Waals surface area (Å²) in [5.74, 6) is -0.0207. The first-order chi connectivity index (χ1) is 16.5. The van der Waals surface area contributed by atoms with Crippen molar-refractivity contribution in [1.29, 1.82) is 0 Å². The van der Waals surface area contributed by atoms with E-state index < -0.39 is 38.2 Å². The summed E-state index contributed by atoms with van der Waals surface area (Å²) in [5, 5.41) is 3.65. The summed E-state index contributed by atoms with van der Waals surface area (Å²) >= 11 is 3.31. The number of hydrogen-bond acceptors (Lipinski definition) is 6. The Hall–Kier alpha value is -3.38. The molecule has 0 aliphatic carbocycles. The highest BCUT2D eigenvalue weighted by molar-refractivity contribution is 9.10. The molecule has 3 rings (SSSR count). The fourth-order valence-electron chi connectivity index (χ4n) is 2.92. The molecule has 0 aliphatic heterocycles. The second-order valence-electron chi connectivity index (χ2n) is 7.04. The Morgan fingerprint density at radius 2 is 1.80 bits per heavy atom. The van der Waals surface area contributed by atoms with Gasteiger partial charge in [0.15, 0.2) is 0 Å². The Bertz CT molecular complexity index is 1350. The summed E-state index contributed by atoms with van der Waals surface area (Å²) in [6, 6.07) is 14.5. The van der Waals surface area contributed by atoms with Crippen molar-refractivity contribution in [2.75, 3.05) is 7.11 Å². The van der Waals surface area contributed by atoms with Crippen LogP contribution in [0, 0.1) is 0 Å². The van der Waals surface area contributed by atoms with Crippen LogP contribution in [0.5, 0.6) is 11.5 Å². The number of hydrazone groups is 1. The lowest BCUT2D eigenvalue weighted by Crippen LogP contribution is -2.20. The van der Waals surface area contributed by atoms with Crippen molar-refractivity contribution >= 4 is 38.2 Å². The lowest BCUT2D eigenvalue weighted by atomic mass is 10.1. The van der Waals surface area contributed by atoms with E-state index in [0.29, 0.717) is 27.9 Å². The predicted molar refractivity (Wildman–Crippen MR) is 126 cm³/mol. The monoisotopic (exact) mass is 570 g/mol. The summed E-state index contributed by atoms with van der Waals surface area (Å²) in [6.07, 6.45) is -4.00. The summed E-state index contributed by atoms with van der Waals surface area (Å²) < 4.78 is 75.9. The molecule has 1 N–H and O–H groups in total. The highest BCUT2D eigenvalue weighted by Gasteiger charge is 2.32. The standard InChI is InChI=1S/C23H18BrF3N2O5S/c1-33-20-9-7-15(11-19(20)24)12-22(30)29-28-14-16-13-17(23(25,26)27)8-10-21(16)35(31,32)34-18-5-3-2-4-6-18/h2-11,13-14H,12H2,1H3,(H,29,30)/b28-14+. The van der Waals surface area contributed by atoms with Gasteiger partial charge in [-0.15, -0.1) is 0 Å². The Balaban J connectivity index is 1.83. The van der Waals surface area contributed by atoms with E-state index in [1.165, 1.54) is 31.4 Å². The lowest BCUT2D eigenvalue weighted by molar-refractivity contribution is -0.137. The molecule has 0 bridgehead atoms. The fraction of sp³-hybridized carbons (Fsp3) is 0.130. The van der Waals surface area contributed by atoms with Crippen molar-refractivity contribution in [3.05, 3.63) is 87.9 Å². The van der Waals surface area contributed by atoms with E-state index in [1.807, 2.05) is 0 Å². The number of benzene rings is 3. The molecule has 184 valence electrons. The zero-order chi connectivity index (χ0) is 25.6. The van der Waals surface area contributed by atoms with Crippen LogP contribution >= 0.6 is 15.9 Å². The van der Waals surface area contributed by atoms with E-state index in [0.717, 1.165) is 12.3 Å². The molecular weight excluding hydrogens is 553 g/mol. The first-order valence-corrected chi connectivity index (χ1v) is 12.0. The Labute approximate surface area is 207 Å². The molecule has 7 nitrogen and oxygen atoms in total. The Kier molecular flexibility index (Phi) is 8.18. The first-order valence-electron chi connectivity index (χ1n) is 9.85. The van der Waals surface area contributed by atoms with E-state index >= 15 is 0 Å². The number of hydrogen-bond donors (Lipinski definition) is 1. The number of para-hydroxylation sites is 1. The van der Waals surface area contributed by atoms with Gasteiger partial charge in [0.25, 0.3) is 0 Å². The van der Waals surface area contributed by atoms with Crippen molar-refractivity contribution in [3.8, 4) is 11.5 Å². The molecule has 0 aromatic heterocycles. The molecule has 0 fully saturated rings. The van der Waals surface area contributed by atoms with Crippen LogP contribution in [0.2, 0.25) is 0 Å². The molecule has 3 aromatic carbocycles. The molecule has 35 heavy (non-hydrogen) atoms. The quantitative estimate of drug-likeness (QED) is 0.235. The summed E-state index contributed by atoms with van der Waals surface area (Å²) in [5.41, 5.74) is 1.29. The van der Waals surface area contributed by atoms with Gasteiger partial charge in [-0.05, 0) is 64.0 Å². The molecule has 12 heteroatoms. The van der Waals surface area contributed by atoms with Gasteiger partial charge in [0.05, 0.1) is 29.8 Å². The van der Waals surface area contributed by atoms with Gasteiger partial charge in [-0.2, -0.15) is 26.7 Å². The van der Waals surface area contributed by atoms with Crippen molar-refractivity contribution < 1.29 is 35.3 Å². The third-order valence-corrected chi connectivity index (χ3v) is 6.47. The van der Waals surface area contributed by atoms with Crippen LogP contribution < -0.4 is 14.3 Å². The Morgan fingerprint density at radius 3 is 2.43 bits per heavy atom. The van der Waals surface area contributed by atoms with Crippen LogP contribution in [0.3, 0.4) is 0 Å². The molecule has 0 aliphatic rings. The second kappa shape index (κ2) is 10.9. The van der Waals surface area contributed by atoms with Crippen LogP contribution in [0.4, 0.5) is 13.2 Å². The summed E-state index contributed by atoms with van der Waals surface area (Å²) in [6.45, 7) is 0. The molecule has 0 atom stereocenters. The number of nitrogens with zero attached hydrogens (tertiary/aromatic N) is 1. The van der Waals surface area contributed by atoms with Gasteiger partial charge in [-0.25, -0.2) is 5.43 Å². The van der Waals surface area contributed by atoms with Crippen LogP contribution in [0.15, 0.2) is 81.2 Å². The van der Waals surface area contributed by atoms with Crippen molar-refractivity contribution in [3.63, 3.8) is 0 Å². The SMILES string of the molecule is COc1ccc(CC(=O)N/N=C/c2cc(C(F)(F)F)ccc2S(=O)(=O)Oc2ccccc2)cc1Br. The van der Waals surface area contributed by atoms with Gasteiger partial charge in [0, 0.05) is 5.56 Å². The zero-order valence-electron chi connectivity index (χ0n) is 18.0. The average molecular weight is 571 g/mol. The van der Waals surface area contributed by atoms with Gasteiger partial charge in [0.2, 0.25) is 5.91 Å². The number of nitrogens with one attached hydrogen (secondary N) is 1. The second-order valence-corrected chi connectivity index (χ2v) is 9.41. The molecule has 0 unspecified atom stereocenters. The van der Waals surface area contributed by atoms with E-state index in [-0.39, 0.29) is 12.2 Å². The van der Waals surface area contributed by atoms with Gasteiger partial charge in [-0.1, -0.05) is 24.3 Å². The number of carbonyl (C=O) groups excluding carboxylic acids is 1. The smallest absolute Gasteiger partial charge is 0.416 e. The number of amides is 1. The molecule has 3 aromatic rings. The molecule has 0 saturated carbocycles. The highest BCUT2D eigenvalue weighted by Crippen LogP contribution is 2.32. The number of halogens is 4. The summed E-state index contributed by atoms with van der Waals surface area (Å²) in [4.78, 5) is 11.7. The number of carbonyl (C=O) groups is 1. The topological polar surface area (TPSA) is 94.1 Å². The van der Waals surface area contributed by atoms with Gasteiger partial charge in [0.1, 0.15) is 16.4 Å². The number of alkyl halides is 3. The minimum absolute atomic E-state index is 0.0192. The predicted octanol–water partition coefficient (Wildman–Crippen LogP) is 4.94. The Morgan fingerprint density at radius 1 is 1.09 bits per heavy atom. The number of methoxy groups -OCH3 is 1. The van der Waals surface area contributed by atoms with E-state index in [1.54, 1.807) is 24.3 Å². The number of ether oxygens (including phenoxy) is 1. The van der Waals surface area contributed by atoms with Crippen molar-refractivity contribution in [2.24, 2.45) is 5.10 Å². The van der Waals surface area contributed by atoms with Crippen LogP contribution in [0.25, 0.3) is 0 Å². The maximum absolute atomic E-state index is 13.2. The lowest BCUT2D eigenvalue weighted by Gasteiger charge is -2.12. The van der Waals surface area contributed by atoms with Crippen molar-refractivity contribution in [1.82, 2.24) is 5.43 Å². The third-order valence-electron chi connectivity index (χ3n) is 4.53. The van der Waals surface area contributed by atoms with Gasteiger partial charge < -0.3 is 8.92 Å². The van der Waals surface area contributed by atoms with Crippen LogP contribution in [-0.4, -0.2) is 27.6 Å². The minimum Gasteiger partial charge on any atom is -0.496 e. The van der Waals surface area contributed by atoms with Crippen LogP contribution in [0.1, 0.15) is 16.7 Å². The summed E-state index contributed by atoms with van der Waals surface area (Å²) in [7, 11) is -3.01. The maximum Gasteiger partial charge on any atom is 0.416 e. The molecule has 1 amide bonds. The first kappa shape index (κ1) is 26.2. The van der Waals surface area contributed by atoms with E-state index in [2.05, 4.69) is 26.5 Å². The van der Waals surface area contributed by atoms with Gasteiger partial charge in [-0.3, -0.25) is 4.79 Å². The van der Waals surface area contributed by atoms with E-state index in [9.17, 15) is 26.4 Å². The maximum atomic E-state index is 13.2. The number of rotatable bonds is 8. The fourth-order valence-corrected chi connectivity index (χ4v) is 4.60. The van der Waals surface area contributed by atoms with Gasteiger partial charge >= 0.3 is 16.3 Å². The van der Waals surface area contributed by atoms with Crippen LogP contribution in [-0.2, 0) is 27.5 Å². The molecule has 0 spiro atoms. The normalized spacial score (nSPS) is 11.9. The highest BCUT2D eigenvalue weighted by atomic mass is 79.9. The zero-order valence-corrected chi connectivity index (χ0v) is 20.4. The third kappa shape index (κ3) is 7.06. The molecule has 0 heterocycles. The molecule has 0 saturated heterocycles.